The normalized spacial score (nSPS) is 25.7. The zero-order valence-corrected chi connectivity index (χ0v) is 12.6. The number of hydrogen-bond acceptors (Lipinski definition) is 3. The van der Waals surface area contributed by atoms with Gasteiger partial charge in [0.2, 0.25) is 0 Å². The van der Waals surface area contributed by atoms with Crippen LogP contribution in [-0.4, -0.2) is 30.6 Å². The molecule has 1 aromatic rings. The molecule has 3 unspecified atom stereocenters. The summed E-state index contributed by atoms with van der Waals surface area (Å²) >= 11 is 0. The maximum atomic E-state index is 5.33. The van der Waals surface area contributed by atoms with Gasteiger partial charge in [0.15, 0.2) is 0 Å². The molecule has 0 aromatic carbocycles. The summed E-state index contributed by atoms with van der Waals surface area (Å²) in [6.45, 7) is 6.54. The van der Waals surface area contributed by atoms with Crippen LogP contribution in [0.5, 0.6) is 0 Å². The Morgan fingerprint density at radius 1 is 1.47 bits per heavy atom. The molecule has 1 saturated carbocycles. The van der Waals surface area contributed by atoms with Crippen molar-refractivity contribution in [2.75, 3.05) is 13.6 Å². The van der Waals surface area contributed by atoms with Crippen molar-refractivity contribution in [1.29, 1.82) is 0 Å². The molecule has 2 rings (SSSR count). The van der Waals surface area contributed by atoms with Gasteiger partial charge >= 0.3 is 0 Å². The second-order valence-electron chi connectivity index (χ2n) is 6.15. The fourth-order valence-electron chi connectivity index (χ4n) is 3.09. The van der Waals surface area contributed by atoms with Gasteiger partial charge in [0, 0.05) is 18.6 Å². The van der Waals surface area contributed by atoms with E-state index in [4.69, 9.17) is 4.42 Å². The maximum absolute atomic E-state index is 5.33. The van der Waals surface area contributed by atoms with Crippen LogP contribution in [0.2, 0.25) is 0 Å². The molecule has 3 atom stereocenters. The number of hydrogen-bond donors (Lipinski definition) is 1. The lowest BCUT2D eigenvalue weighted by Crippen LogP contribution is -2.45. The molecule has 1 aliphatic carbocycles. The Morgan fingerprint density at radius 2 is 2.32 bits per heavy atom. The van der Waals surface area contributed by atoms with E-state index in [1.165, 1.54) is 25.7 Å². The van der Waals surface area contributed by atoms with Gasteiger partial charge in [0.25, 0.3) is 0 Å². The summed E-state index contributed by atoms with van der Waals surface area (Å²) in [5.74, 6) is 1.91. The largest absolute Gasteiger partial charge is 0.468 e. The van der Waals surface area contributed by atoms with Gasteiger partial charge in [0.1, 0.15) is 5.76 Å². The number of likely N-dealkylation sites (N-methyl/N-ethyl adjacent to an activating group) is 1. The van der Waals surface area contributed by atoms with E-state index in [-0.39, 0.29) is 0 Å². The van der Waals surface area contributed by atoms with Crippen LogP contribution in [0.15, 0.2) is 22.8 Å². The van der Waals surface area contributed by atoms with Crippen molar-refractivity contribution in [2.24, 2.45) is 5.92 Å². The fraction of sp³-hybridized carbons (Fsp3) is 0.750. The Hall–Kier alpha value is -0.800. The van der Waals surface area contributed by atoms with E-state index in [9.17, 15) is 0 Å². The Labute approximate surface area is 117 Å². The van der Waals surface area contributed by atoms with Gasteiger partial charge in [-0.15, -0.1) is 0 Å². The molecule has 0 bridgehead atoms. The minimum Gasteiger partial charge on any atom is -0.468 e. The number of furan rings is 1. The molecule has 3 heteroatoms. The average molecular weight is 264 g/mol. The summed E-state index contributed by atoms with van der Waals surface area (Å²) < 4.78 is 5.33. The van der Waals surface area contributed by atoms with E-state index in [0.717, 1.165) is 30.8 Å². The first-order valence-electron chi connectivity index (χ1n) is 7.62. The fourth-order valence-corrected chi connectivity index (χ4v) is 3.09. The zero-order valence-electron chi connectivity index (χ0n) is 12.6. The van der Waals surface area contributed by atoms with Gasteiger partial charge in [-0.3, -0.25) is 4.90 Å². The highest BCUT2D eigenvalue weighted by Crippen LogP contribution is 2.27. The predicted octanol–water partition coefficient (Wildman–Crippen LogP) is 3.27. The minimum atomic E-state index is 0.574. The summed E-state index contributed by atoms with van der Waals surface area (Å²) in [4.78, 5) is 2.56. The number of nitrogens with one attached hydrogen (secondary N) is 1. The summed E-state index contributed by atoms with van der Waals surface area (Å²) in [6, 6.07) is 5.30. The molecule has 3 nitrogen and oxygen atoms in total. The molecule has 0 spiro atoms. The Balaban J connectivity index is 1.71. The van der Waals surface area contributed by atoms with E-state index >= 15 is 0 Å². The van der Waals surface area contributed by atoms with Gasteiger partial charge < -0.3 is 9.73 Å². The lowest BCUT2D eigenvalue weighted by atomic mass is 9.86. The topological polar surface area (TPSA) is 28.4 Å². The number of nitrogens with zero attached hydrogens (tertiary/aromatic N) is 1. The zero-order chi connectivity index (χ0) is 13.7. The van der Waals surface area contributed by atoms with Crippen LogP contribution in [0, 0.1) is 5.92 Å². The van der Waals surface area contributed by atoms with E-state index in [0.29, 0.717) is 6.04 Å². The Kier molecular flexibility index (Phi) is 5.46. The molecule has 0 saturated heterocycles. The third kappa shape index (κ3) is 4.36. The SMILES string of the molecule is CC1CCCC(N(C)C(C)CNCc2ccco2)C1. The smallest absolute Gasteiger partial charge is 0.117 e. The van der Waals surface area contributed by atoms with E-state index < -0.39 is 0 Å². The molecule has 0 radical (unpaired) electrons. The van der Waals surface area contributed by atoms with Gasteiger partial charge in [-0.25, -0.2) is 0 Å². The van der Waals surface area contributed by atoms with Crippen molar-refractivity contribution < 1.29 is 4.42 Å². The second kappa shape index (κ2) is 7.11. The summed E-state index contributed by atoms with van der Waals surface area (Å²) in [5, 5.41) is 3.48. The molecule has 1 aromatic heterocycles. The quantitative estimate of drug-likeness (QED) is 0.855. The summed E-state index contributed by atoms with van der Waals surface area (Å²) in [5.41, 5.74) is 0. The average Bonchev–Trinajstić information content (AvgIpc) is 2.91. The van der Waals surface area contributed by atoms with Crippen molar-refractivity contribution in [2.45, 2.75) is 58.2 Å². The molecule has 0 aliphatic heterocycles. The van der Waals surface area contributed by atoms with Gasteiger partial charge in [0.05, 0.1) is 12.8 Å². The van der Waals surface area contributed by atoms with Crippen LogP contribution in [0.4, 0.5) is 0 Å². The molecule has 1 fully saturated rings. The van der Waals surface area contributed by atoms with Crippen LogP contribution in [0.25, 0.3) is 0 Å². The van der Waals surface area contributed by atoms with Crippen molar-refractivity contribution >= 4 is 0 Å². The van der Waals surface area contributed by atoms with Crippen molar-refractivity contribution in [3.63, 3.8) is 0 Å². The van der Waals surface area contributed by atoms with Crippen molar-refractivity contribution in [3.8, 4) is 0 Å². The van der Waals surface area contributed by atoms with Crippen LogP contribution in [0.1, 0.15) is 45.3 Å². The monoisotopic (exact) mass is 264 g/mol. The molecular formula is C16H28N2O. The molecule has 0 amide bonds. The standard InChI is InChI=1S/C16H28N2O/c1-13-6-4-7-15(10-13)18(3)14(2)11-17-12-16-8-5-9-19-16/h5,8-9,13-15,17H,4,6-7,10-12H2,1-3H3. The van der Waals surface area contributed by atoms with Gasteiger partial charge in [-0.05, 0) is 44.9 Å². The molecule has 1 N–H and O–H groups in total. The predicted molar refractivity (Wildman–Crippen MR) is 79.1 cm³/mol. The third-order valence-corrected chi connectivity index (χ3v) is 4.50. The number of rotatable bonds is 6. The molecule has 1 heterocycles. The van der Waals surface area contributed by atoms with Crippen LogP contribution in [-0.2, 0) is 6.54 Å². The minimum absolute atomic E-state index is 0.574. The van der Waals surface area contributed by atoms with Gasteiger partial charge in [-0.1, -0.05) is 19.8 Å². The first-order valence-corrected chi connectivity index (χ1v) is 7.62. The first-order chi connectivity index (χ1) is 9.16. The maximum Gasteiger partial charge on any atom is 0.117 e. The Bertz CT molecular complexity index is 350. The first kappa shape index (κ1) is 14.6. The molecule has 1 aliphatic rings. The van der Waals surface area contributed by atoms with E-state index in [2.05, 4.69) is 31.1 Å². The van der Waals surface area contributed by atoms with Crippen molar-refractivity contribution in [1.82, 2.24) is 10.2 Å². The Morgan fingerprint density at radius 3 is 3.00 bits per heavy atom. The molecule has 19 heavy (non-hydrogen) atoms. The van der Waals surface area contributed by atoms with Crippen molar-refractivity contribution in [3.05, 3.63) is 24.2 Å². The molecule has 108 valence electrons. The van der Waals surface area contributed by atoms with Crippen LogP contribution < -0.4 is 5.32 Å². The highest BCUT2D eigenvalue weighted by Gasteiger charge is 2.24. The lowest BCUT2D eigenvalue weighted by molar-refractivity contribution is 0.124. The third-order valence-electron chi connectivity index (χ3n) is 4.50. The summed E-state index contributed by atoms with van der Waals surface area (Å²) in [7, 11) is 2.28. The van der Waals surface area contributed by atoms with Gasteiger partial charge in [-0.2, -0.15) is 0 Å². The van der Waals surface area contributed by atoms with E-state index in [1.807, 2.05) is 12.1 Å². The highest BCUT2D eigenvalue weighted by atomic mass is 16.3. The second-order valence-corrected chi connectivity index (χ2v) is 6.15. The van der Waals surface area contributed by atoms with Crippen LogP contribution >= 0.6 is 0 Å². The summed E-state index contributed by atoms with van der Waals surface area (Å²) in [6.07, 6.45) is 7.26. The highest BCUT2D eigenvalue weighted by molar-refractivity contribution is 4.97. The van der Waals surface area contributed by atoms with E-state index in [1.54, 1.807) is 6.26 Å². The molecular weight excluding hydrogens is 236 g/mol. The van der Waals surface area contributed by atoms with Crippen LogP contribution in [0.3, 0.4) is 0 Å². The lowest BCUT2D eigenvalue weighted by Gasteiger charge is -2.37.